The molecule has 150 valence electrons. The number of aryl methyl sites for hydroxylation is 1. The second kappa shape index (κ2) is 7.42. The smallest absolute Gasteiger partial charge is 0.254 e. The number of aromatic amines is 1. The summed E-state index contributed by atoms with van der Waals surface area (Å²) in [4.78, 5) is 15.5. The van der Waals surface area contributed by atoms with E-state index in [1.54, 1.807) is 36.4 Å². The van der Waals surface area contributed by atoms with Gasteiger partial charge in [0.25, 0.3) is 5.91 Å². The van der Waals surface area contributed by atoms with Crippen LogP contribution in [-0.4, -0.2) is 33.1 Å². The van der Waals surface area contributed by atoms with Gasteiger partial charge in [0.15, 0.2) is 0 Å². The van der Waals surface area contributed by atoms with Crippen molar-refractivity contribution in [3.63, 3.8) is 0 Å². The number of rotatable bonds is 4. The SMILES string of the molecule is N#Cc1cc(C(=O)N(C2CC2)C2CCc3[nH]ncc3C2)ccc1-c1ccccc1F. The first kappa shape index (κ1) is 18.6. The predicted molar refractivity (Wildman–Crippen MR) is 110 cm³/mol. The van der Waals surface area contributed by atoms with E-state index in [0.29, 0.717) is 22.3 Å². The van der Waals surface area contributed by atoms with Gasteiger partial charge in [0.05, 0.1) is 17.8 Å². The summed E-state index contributed by atoms with van der Waals surface area (Å²) in [5.41, 5.74) is 4.00. The topological polar surface area (TPSA) is 72.8 Å². The number of halogens is 1. The second-order valence-corrected chi connectivity index (χ2v) is 8.07. The summed E-state index contributed by atoms with van der Waals surface area (Å²) in [5, 5.41) is 16.8. The van der Waals surface area contributed by atoms with Crippen molar-refractivity contribution in [3.8, 4) is 17.2 Å². The lowest BCUT2D eigenvalue weighted by atomic mass is 9.91. The van der Waals surface area contributed by atoms with Crippen LogP contribution < -0.4 is 0 Å². The van der Waals surface area contributed by atoms with Gasteiger partial charge in [-0.15, -0.1) is 0 Å². The molecule has 0 saturated heterocycles. The summed E-state index contributed by atoms with van der Waals surface area (Å²) >= 11 is 0. The van der Waals surface area contributed by atoms with E-state index < -0.39 is 0 Å². The lowest BCUT2D eigenvalue weighted by Gasteiger charge is -2.34. The molecule has 1 heterocycles. The molecule has 1 unspecified atom stereocenters. The van der Waals surface area contributed by atoms with Crippen molar-refractivity contribution in [2.24, 2.45) is 0 Å². The Morgan fingerprint density at radius 2 is 1.97 bits per heavy atom. The number of benzene rings is 2. The van der Waals surface area contributed by atoms with Gasteiger partial charge in [0, 0.05) is 34.5 Å². The lowest BCUT2D eigenvalue weighted by Crippen LogP contribution is -2.44. The largest absolute Gasteiger partial charge is 0.332 e. The van der Waals surface area contributed by atoms with Crippen LogP contribution in [-0.2, 0) is 12.8 Å². The normalized spacial score (nSPS) is 17.8. The van der Waals surface area contributed by atoms with E-state index in [9.17, 15) is 14.4 Å². The molecule has 1 amide bonds. The fraction of sp³-hybridized carbons (Fsp3) is 0.292. The number of nitrogens with zero attached hydrogens (tertiary/aromatic N) is 3. The monoisotopic (exact) mass is 400 g/mol. The van der Waals surface area contributed by atoms with Crippen molar-refractivity contribution in [2.75, 3.05) is 0 Å². The van der Waals surface area contributed by atoms with Crippen LogP contribution >= 0.6 is 0 Å². The molecular weight excluding hydrogens is 379 g/mol. The Morgan fingerprint density at radius 1 is 1.13 bits per heavy atom. The van der Waals surface area contributed by atoms with Gasteiger partial charge < -0.3 is 4.90 Å². The molecule has 1 aromatic heterocycles. The highest BCUT2D eigenvalue weighted by Crippen LogP contribution is 2.35. The third-order valence-corrected chi connectivity index (χ3v) is 6.11. The van der Waals surface area contributed by atoms with Gasteiger partial charge in [0.2, 0.25) is 0 Å². The van der Waals surface area contributed by atoms with Crippen LogP contribution in [0.2, 0.25) is 0 Å². The molecule has 0 radical (unpaired) electrons. The van der Waals surface area contributed by atoms with Crippen LogP contribution in [0.4, 0.5) is 4.39 Å². The van der Waals surface area contributed by atoms with Crippen molar-refractivity contribution in [1.82, 2.24) is 15.1 Å². The number of hydrogen-bond acceptors (Lipinski definition) is 3. The highest BCUT2D eigenvalue weighted by atomic mass is 19.1. The Morgan fingerprint density at radius 3 is 2.73 bits per heavy atom. The molecular formula is C24H21FN4O. The van der Waals surface area contributed by atoms with E-state index >= 15 is 0 Å². The molecule has 1 saturated carbocycles. The van der Waals surface area contributed by atoms with E-state index in [1.807, 2.05) is 11.1 Å². The third kappa shape index (κ3) is 3.26. The Balaban J connectivity index is 1.46. The number of amides is 1. The molecule has 1 atom stereocenters. The molecule has 30 heavy (non-hydrogen) atoms. The van der Waals surface area contributed by atoms with Crippen molar-refractivity contribution >= 4 is 5.91 Å². The molecule has 1 N–H and O–H groups in total. The highest BCUT2D eigenvalue weighted by molar-refractivity contribution is 5.96. The second-order valence-electron chi connectivity index (χ2n) is 8.07. The minimum Gasteiger partial charge on any atom is -0.332 e. The fourth-order valence-electron chi connectivity index (χ4n) is 4.45. The van der Waals surface area contributed by atoms with Crippen LogP contribution in [0.5, 0.6) is 0 Å². The summed E-state index contributed by atoms with van der Waals surface area (Å²) in [5.74, 6) is -0.433. The van der Waals surface area contributed by atoms with E-state index in [4.69, 9.17) is 0 Å². The molecule has 5 nitrogen and oxygen atoms in total. The van der Waals surface area contributed by atoms with Crippen LogP contribution in [0.1, 0.15) is 46.4 Å². The first-order valence-corrected chi connectivity index (χ1v) is 10.3. The summed E-state index contributed by atoms with van der Waals surface area (Å²) in [6.45, 7) is 0. The molecule has 0 spiro atoms. The van der Waals surface area contributed by atoms with Gasteiger partial charge in [-0.25, -0.2) is 4.39 Å². The molecule has 5 rings (SSSR count). The maximum atomic E-state index is 14.2. The standard InChI is InChI=1S/C24H21FN4O/c25-22-4-2-1-3-21(22)20-9-5-15(11-16(20)13-26)24(30)29(18-6-7-18)19-8-10-23-17(12-19)14-27-28-23/h1-5,9,11,14,18-19H,6-8,10,12H2,(H,27,28). The zero-order valence-corrected chi connectivity index (χ0v) is 16.4. The van der Waals surface area contributed by atoms with Crippen molar-refractivity contribution in [1.29, 1.82) is 5.26 Å². The maximum absolute atomic E-state index is 14.2. The van der Waals surface area contributed by atoms with Crippen molar-refractivity contribution < 1.29 is 9.18 Å². The molecule has 0 aliphatic heterocycles. The number of carbonyl (C=O) groups excluding carboxylic acids is 1. The Hall–Kier alpha value is -3.46. The lowest BCUT2D eigenvalue weighted by molar-refractivity contribution is 0.0643. The number of fused-ring (bicyclic) bond motifs is 1. The Kier molecular flexibility index (Phi) is 4.59. The van der Waals surface area contributed by atoms with E-state index in [0.717, 1.165) is 37.8 Å². The van der Waals surface area contributed by atoms with Crippen molar-refractivity contribution in [3.05, 3.63) is 76.9 Å². The van der Waals surface area contributed by atoms with E-state index in [2.05, 4.69) is 16.3 Å². The summed E-state index contributed by atoms with van der Waals surface area (Å²) in [7, 11) is 0. The Labute approximate surface area is 174 Å². The molecule has 0 bridgehead atoms. The van der Waals surface area contributed by atoms with Gasteiger partial charge in [-0.05, 0) is 55.9 Å². The van der Waals surface area contributed by atoms with E-state index in [-0.39, 0.29) is 23.8 Å². The third-order valence-electron chi connectivity index (χ3n) is 6.11. The molecule has 2 aromatic carbocycles. The molecule has 2 aliphatic rings. The van der Waals surface area contributed by atoms with Crippen molar-refractivity contribution in [2.45, 2.75) is 44.2 Å². The number of nitrogens with one attached hydrogen (secondary N) is 1. The molecule has 2 aliphatic carbocycles. The quantitative estimate of drug-likeness (QED) is 0.712. The number of aromatic nitrogens is 2. The minimum absolute atomic E-state index is 0.0500. The van der Waals surface area contributed by atoms with Crippen LogP contribution in [0, 0.1) is 17.1 Å². The van der Waals surface area contributed by atoms with Crippen LogP contribution in [0.15, 0.2) is 48.7 Å². The van der Waals surface area contributed by atoms with Crippen LogP contribution in [0.25, 0.3) is 11.1 Å². The number of H-pyrrole nitrogens is 1. The van der Waals surface area contributed by atoms with E-state index in [1.165, 1.54) is 11.6 Å². The average Bonchev–Trinajstić information content (AvgIpc) is 3.49. The average molecular weight is 400 g/mol. The van der Waals surface area contributed by atoms with Gasteiger partial charge in [0.1, 0.15) is 5.82 Å². The fourth-order valence-corrected chi connectivity index (χ4v) is 4.45. The molecule has 6 heteroatoms. The summed E-state index contributed by atoms with van der Waals surface area (Å²) in [6, 6.07) is 13.9. The first-order chi connectivity index (χ1) is 14.7. The molecule has 3 aromatic rings. The maximum Gasteiger partial charge on any atom is 0.254 e. The van der Waals surface area contributed by atoms with Gasteiger partial charge >= 0.3 is 0 Å². The van der Waals surface area contributed by atoms with Gasteiger partial charge in [-0.2, -0.15) is 10.4 Å². The Bertz CT molecular complexity index is 1160. The van der Waals surface area contributed by atoms with Gasteiger partial charge in [-0.1, -0.05) is 24.3 Å². The number of nitriles is 1. The highest BCUT2D eigenvalue weighted by Gasteiger charge is 2.39. The zero-order chi connectivity index (χ0) is 20.7. The zero-order valence-electron chi connectivity index (χ0n) is 16.4. The predicted octanol–water partition coefficient (Wildman–Crippen LogP) is 4.25. The number of carbonyl (C=O) groups is 1. The number of hydrogen-bond donors (Lipinski definition) is 1. The minimum atomic E-state index is -0.384. The molecule has 1 fully saturated rings. The summed E-state index contributed by atoms with van der Waals surface area (Å²) < 4.78 is 14.2. The van der Waals surface area contributed by atoms with Crippen LogP contribution in [0.3, 0.4) is 0 Å². The summed E-state index contributed by atoms with van der Waals surface area (Å²) in [6.07, 6.45) is 6.46. The van der Waals surface area contributed by atoms with Gasteiger partial charge in [-0.3, -0.25) is 9.89 Å². The first-order valence-electron chi connectivity index (χ1n) is 10.3.